The summed E-state index contributed by atoms with van der Waals surface area (Å²) >= 11 is 11.8. The molecule has 3 nitrogen and oxygen atoms in total. The van der Waals surface area contributed by atoms with Crippen LogP contribution < -0.4 is 10.1 Å². The summed E-state index contributed by atoms with van der Waals surface area (Å²) in [5, 5.41) is 3.93. The van der Waals surface area contributed by atoms with Crippen molar-refractivity contribution in [1.29, 1.82) is 0 Å². The lowest BCUT2D eigenvalue weighted by Gasteiger charge is -2.08. The molecule has 0 bridgehead atoms. The molecule has 0 atom stereocenters. The van der Waals surface area contributed by atoms with E-state index in [4.69, 9.17) is 27.9 Å². The van der Waals surface area contributed by atoms with Crippen molar-refractivity contribution in [2.45, 2.75) is 32.6 Å². The van der Waals surface area contributed by atoms with Crippen molar-refractivity contribution in [3.05, 3.63) is 28.2 Å². The van der Waals surface area contributed by atoms with Gasteiger partial charge in [0.05, 0.1) is 11.6 Å². The number of hydrogen-bond acceptors (Lipinski definition) is 2. The quantitative estimate of drug-likeness (QED) is 0.735. The predicted octanol–water partition coefficient (Wildman–Crippen LogP) is 4.07. The molecule has 1 N–H and O–H groups in total. The lowest BCUT2D eigenvalue weighted by Crippen LogP contribution is -2.24. The first-order valence-corrected chi connectivity index (χ1v) is 7.23. The van der Waals surface area contributed by atoms with E-state index < -0.39 is 0 Å². The van der Waals surface area contributed by atoms with Crippen molar-refractivity contribution in [1.82, 2.24) is 5.32 Å². The third-order valence-electron chi connectivity index (χ3n) is 2.55. The number of carbonyl (C=O) groups is 1. The largest absolute Gasteiger partial charge is 0.492 e. The van der Waals surface area contributed by atoms with E-state index >= 15 is 0 Å². The Morgan fingerprint density at radius 1 is 1.32 bits per heavy atom. The number of hydrogen-bond donors (Lipinski definition) is 1. The van der Waals surface area contributed by atoms with Crippen LogP contribution in [0.5, 0.6) is 5.75 Å². The standard InChI is InChI=1S/C14H19Cl2NO2/c1-2-3-8-17-14(18)5-4-9-19-13-7-6-11(15)10-12(13)16/h6-7,10H,2-5,8-9H2,1H3,(H,17,18). The molecule has 0 radical (unpaired) electrons. The number of carbonyl (C=O) groups excluding carboxylic acids is 1. The highest BCUT2D eigenvalue weighted by atomic mass is 35.5. The maximum atomic E-state index is 11.4. The monoisotopic (exact) mass is 303 g/mol. The SMILES string of the molecule is CCCCNC(=O)CCCOc1ccc(Cl)cc1Cl. The number of rotatable bonds is 8. The van der Waals surface area contributed by atoms with Gasteiger partial charge in [0, 0.05) is 18.0 Å². The molecule has 0 fully saturated rings. The van der Waals surface area contributed by atoms with Crippen LogP contribution >= 0.6 is 23.2 Å². The predicted molar refractivity (Wildman–Crippen MR) is 79.1 cm³/mol. The van der Waals surface area contributed by atoms with Crippen molar-refractivity contribution >= 4 is 29.1 Å². The van der Waals surface area contributed by atoms with E-state index in [0.717, 1.165) is 19.4 Å². The first kappa shape index (κ1) is 16.1. The van der Waals surface area contributed by atoms with E-state index in [2.05, 4.69) is 12.2 Å². The molecule has 0 aromatic heterocycles. The van der Waals surface area contributed by atoms with Gasteiger partial charge in [0.25, 0.3) is 0 Å². The van der Waals surface area contributed by atoms with Gasteiger partial charge in [0.15, 0.2) is 0 Å². The van der Waals surface area contributed by atoms with Crippen LogP contribution in [0.15, 0.2) is 18.2 Å². The molecule has 1 amide bonds. The van der Waals surface area contributed by atoms with Gasteiger partial charge >= 0.3 is 0 Å². The third-order valence-corrected chi connectivity index (χ3v) is 3.08. The zero-order valence-electron chi connectivity index (χ0n) is 11.0. The molecule has 0 unspecified atom stereocenters. The smallest absolute Gasteiger partial charge is 0.220 e. The first-order valence-electron chi connectivity index (χ1n) is 6.48. The van der Waals surface area contributed by atoms with E-state index in [9.17, 15) is 4.79 Å². The molecule has 5 heteroatoms. The van der Waals surface area contributed by atoms with Gasteiger partial charge in [0.2, 0.25) is 5.91 Å². The molecular formula is C14H19Cl2NO2. The summed E-state index contributed by atoms with van der Waals surface area (Å²) in [7, 11) is 0. The van der Waals surface area contributed by atoms with Crippen LogP contribution in [0.3, 0.4) is 0 Å². The molecule has 0 saturated heterocycles. The fourth-order valence-electron chi connectivity index (χ4n) is 1.50. The van der Waals surface area contributed by atoms with Gasteiger partial charge in [-0.3, -0.25) is 4.79 Å². The van der Waals surface area contributed by atoms with E-state index in [-0.39, 0.29) is 5.91 Å². The Morgan fingerprint density at radius 3 is 2.79 bits per heavy atom. The fraction of sp³-hybridized carbons (Fsp3) is 0.500. The Bertz CT molecular complexity index is 410. The van der Waals surface area contributed by atoms with Crippen LogP contribution in [0.1, 0.15) is 32.6 Å². The van der Waals surface area contributed by atoms with Crippen LogP contribution in [0, 0.1) is 0 Å². The second-order valence-electron chi connectivity index (χ2n) is 4.23. The number of nitrogens with one attached hydrogen (secondary N) is 1. The van der Waals surface area contributed by atoms with Gasteiger partial charge in [-0.05, 0) is 31.0 Å². The van der Waals surface area contributed by atoms with Crippen molar-refractivity contribution in [3.63, 3.8) is 0 Å². The van der Waals surface area contributed by atoms with E-state index in [1.807, 2.05) is 0 Å². The van der Waals surface area contributed by atoms with Crippen molar-refractivity contribution < 1.29 is 9.53 Å². The molecule has 1 aromatic carbocycles. The Morgan fingerprint density at radius 2 is 2.11 bits per heavy atom. The minimum atomic E-state index is 0.0688. The number of unbranched alkanes of at least 4 members (excludes halogenated alkanes) is 1. The Labute approximate surface area is 124 Å². The van der Waals surface area contributed by atoms with E-state index in [1.54, 1.807) is 18.2 Å². The summed E-state index contributed by atoms with van der Waals surface area (Å²) in [6.07, 6.45) is 3.23. The molecule has 0 spiro atoms. The average molecular weight is 304 g/mol. The highest BCUT2D eigenvalue weighted by Gasteiger charge is 2.04. The van der Waals surface area contributed by atoms with Gasteiger partial charge in [-0.25, -0.2) is 0 Å². The second kappa shape index (κ2) is 9.05. The molecule has 0 aliphatic carbocycles. The van der Waals surface area contributed by atoms with Crippen LogP contribution in [-0.2, 0) is 4.79 Å². The first-order chi connectivity index (χ1) is 9.13. The summed E-state index contributed by atoms with van der Waals surface area (Å²) in [4.78, 5) is 11.4. The minimum absolute atomic E-state index is 0.0688. The molecule has 0 aliphatic rings. The van der Waals surface area contributed by atoms with Crippen molar-refractivity contribution in [3.8, 4) is 5.75 Å². The minimum Gasteiger partial charge on any atom is -0.492 e. The maximum absolute atomic E-state index is 11.4. The Balaban J connectivity index is 2.18. The van der Waals surface area contributed by atoms with Crippen LogP contribution in [0.2, 0.25) is 10.0 Å². The molecule has 0 saturated carbocycles. The molecule has 0 aliphatic heterocycles. The lowest BCUT2D eigenvalue weighted by molar-refractivity contribution is -0.121. The lowest BCUT2D eigenvalue weighted by atomic mass is 10.3. The van der Waals surface area contributed by atoms with Gasteiger partial charge in [-0.15, -0.1) is 0 Å². The molecule has 1 rings (SSSR count). The van der Waals surface area contributed by atoms with Gasteiger partial charge < -0.3 is 10.1 Å². The van der Waals surface area contributed by atoms with Gasteiger partial charge in [-0.2, -0.15) is 0 Å². The highest BCUT2D eigenvalue weighted by Crippen LogP contribution is 2.27. The number of amides is 1. The van der Waals surface area contributed by atoms with Gasteiger partial charge in [0.1, 0.15) is 5.75 Å². The summed E-state index contributed by atoms with van der Waals surface area (Å²) in [5.74, 6) is 0.664. The normalized spacial score (nSPS) is 10.3. The molecule has 0 heterocycles. The summed E-state index contributed by atoms with van der Waals surface area (Å²) < 4.78 is 5.50. The molecular weight excluding hydrogens is 285 g/mol. The fourth-order valence-corrected chi connectivity index (χ4v) is 1.96. The van der Waals surface area contributed by atoms with Gasteiger partial charge in [-0.1, -0.05) is 36.5 Å². The summed E-state index contributed by atoms with van der Waals surface area (Å²) in [6.45, 7) is 3.30. The third kappa shape index (κ3) is 6.69. The van der Waals surface area contributed by atoms with Crippen LogP contribution in [0.25, 0.3) is 0 Å². The second-order valence-corrected chi connectivity index (χ2v) is 5.07. The van der Waals surface area contributed by atoms with Crippen molar-refractivity contribution in [2.75, 3.05) is 13.2 Å². The number of halogens is 2. The zero-order chi connectivity index (χ0) is 14.1. The van der Waals surface area contributed by atoms with E-state index in [0.29, 0.717) is 35.2 Å². The Kier molecular flexibility index (Phi) is 7.68. The van der Waals surface area contributed by atoms with Crippen LogP contribution in [0.4, 0.5) is 0 Å². The molecule has 19 heavy (non-hydrogen) atoms. The number of benzene rings is 1. The van der Waals surface area contributed by atoms with Crippen LogP contribution in [-0.4, -0.2) is 19.1 Å². The maximum Gasteiger partial charge on any atom is 0.220 e. The zero-order valence-corrected chi connectivity index (χ0v) is 12.6. The summed E-state index contributed by atoms with van der Waals surface area (Å²) in [5.41, 5.74) is 0. The topological polar surface area (TPSA) is 38.3 Å². The number of ether oxygens (including phenoxy) is 1. The van der Waals surface area contributed by atoms with E-state index in [1.165, 1.54) is 0 Å². The molecule has 1 aromatic rings. The average Bonchev–Trinajstić information content (AvgIpc) is 2.37. The summed E-state index contributed by atoms with van der Waals surface area (Å²) in [6, 6.07) is 5.09. The molecule has 106 valence electrons. The Hall–Kier alpha value is -0.930. The highest BCUT2D eigenvalue weighted by molar-refractivity contribution is 6.35. The van der Waals surface area contributed by atoms with Crippen molar-refractivity contribution in [2.24, 2.45) is 0 Å².